The SMILES string of the molecule is CC(=O)O.CC([NH-])=O.CN.CN[C-]=O.O=[C-]O.[CH2-]C.[CH2-]C.[CH2-]C.[CH2-]C.[NH2-].[Y].[Y].[Y].[Y]. The number of carboxylic acids is 1. The predicted molar refractivity (Wildman–Crippen MR) is 111 cm³/mol. The Labute approximate surface area is 286 Å². The van der Waals surface area contributed by atoms with Gasteiger partial charge in [-0.2, -0.15) is 34.1 Å². The molecule has 4 radical (unpaired) electrons. The molecule has 10 nitrogen and oxygen atoms in total. The minimum absolute atomic E-state index is 0. The van der Waals surface area contributed by atoms with Crippen LogP contribution in [0.5, 0.6) is 0 Å². The number of carbonyl (C=O) groups excluding carboxylic acids is 2. The summed E-state index contributed by atoms with van der Waals surface area (Å²) in [6.07, 6.45) is 1.43. The van der Waals surface area contributed by atoms with Gasteiger partial charge in [-0.3, -0.25) is 4.79 Å². The fraction of sp³-hybridized carbons (Fsp3) is 0.500. The van der Waals surface area contributed by atoms with E-state index in [-0.39, 0.29) is 137 Å². The Morgan fingerprint density at radius 2 is 0.867 bits per heavy atom. The van der Waals surface area contributed by atoms with Gasteiger partial charge < -0.3 is 75.2 Å². The maximum Gasteiger partial charge on any atom is 0.300 e. The Morgan fingerprint density at radius 3 is 0.867 bits per heavy atom. The first-order chi connectivity index (χ1) is 11.8. The third kappa shape index (κ3) is 2490. The number of nitrogens with two attached hydrogens (primary N) is 2. The predicted octanol–water partition coefficient (Wildman–Crippen LogP) is 3.20. The van der Waals surface area contributed by atoms with Crippen LogP contribution in [-0.4, -0.2) is 49.1 Å². The summed E-state index contributed by atoms with van der Waals surface area (Å²) in [5.41, 5.74) is 10.4. The molecule has 2 amide bonds. The molecule has 180 valence electrons. The Hall–Kier alpha value is 2.22. The molecule has 0 aliphatic heterocycles. The van der Waals surface area contributed by atoms with Crippen molar-refractivity contribution < 1.29 is 160 Å². The van der Waals surface area contributed by atoms with Crippen LogP contribution in [0.2, 0.25) is 0 Å². The first kappa shape index (κ1) is 94.6. The summed E-state index contributed by atoms with van der Waals surface area (Å²) in [4.78, 5) is 35.3. The van der Waals surface area contributed by atoms with E-state index in [1.165, 1.54) is 27.4 Å². The number of hydrogen-bond acceptors (Lipinski definition) is 5. The van der Waals surface area contributed by atoms with Crippen LogP contribution in [0, 0.1) is 27.7 Å². The fourth-order valence-corrected chi connectivity index (χ4v) is 0. The van der Waals surface area contributed by atoms with E-state index in [1.807, 2.05) is 0 Å². The Bertz CT molecular complexity index is 181. The zero-order valence-corrected chi connectivity index (χ0v) is 31.2. The van der Waals surface area contributed by atoms with Gasteiger partial charge in [0.05, 0.1) is 0 Å². The number of aliphatic carboxylic acids is 1. The molecule has 0 aromatic carbocycles. The van der Waals surface area contributed by atoms with Crippen molar-refractivity contribution in [3.63, 3.8) is 0 Å². The molecule has 0 saturated carbocycles. The maximum absolute atomic E-state index is 9.11. The molecule has 30 heavy (non-hydrogen) atoms. The summed E-state index contributed by atoms with van der Waals surface area (Å²) in [6, 6.07) is 0. The molecule has 0 aromatic rings. The molecule has 0 aliphatic rings. The molecule has 0 bridgehead atoms. The third-order valence-corrected chi connectivity index (χ3v) is 0.102. The van der Waals surface area contributed by atoms with Gasteiger partial charge in [-0.25, -0.2) is 0 Å². The summed E-state index contributed by atoms with van der Waals surface area (Å²) < 4.78 is 0. The van der Waals surface area contributed by atoms with Crippen molar-refractivity contribution in [2.24, 2.45) is 5.73 Å². The molecule has 0 unspecified atom stereocenters. The third-order valence-electron chi connectivity index (χ3n) is 0.102. The zero-order chi connectivity index (χ0) is 23.3. The summed E-state index contributed by atoms with van der Waals surface area (Å²) in [5.74, 6) is -1.42. The van der Waals surface area contributed by atoms with E-state index >= 15 is 0 Å². The molecule has 0 fully saturated rings. The molecule has 0 spiro atoms. The van der Waals surface area contributed by atoms with E-state index in [9.17, 15) is 0 Å². The molecule has 0 atom stereocenters. The van der Waals surface area contributed by atoms with Gasteiger partial charge in [-0.15, -0.1) is 0 Å². The van der Waals surface area contributed by atoms with Crippen molar-refractivity contribution in [2.75, 3.05) is 14.1 Å². The largest absolute Gasteiger partial charge is 0.693 e. The van der Waals surface area contributed by atoms with Gasteiger partial charge in [0.1, 0.15) is 0 Å². The van der Waals surface area contributed by atoms with E-state index in [2.05, 4.69) is 38.7 Å². The molecule has 0 saturated heterocycles. The number of rotatable bonds is 1. The summed E-state index contributed by atoms with van der Waals surface area (Å²) >= 11 is 0. The topological polar surface area (TPSA) is 204 Å². The zero-order valence-electron chi connectivity index (χ0n) is 19.8. The van der Waals surface area contributed by atoms with Gasteiger partial charge in [0.2, 0.25) is 0 Å². The smallest absolute Gasteiger partial charge is 0.300 e. The first-order valence-electron chi connectivity index (χ1n) is 6.67. The van der Waals surface area contributed by atoms with E-state index in [4.69, 9.17) is 35.1 Å². The Morgan fingerprint density at radius 1 is 0.833 bits per heavy atom. The van der Waals surface area contributed by atoms with Gasteiger partial charge in [0.15, 0.2) is 0 Å². The van der Waals surface area contributed by atoms with E-state index in [0.29, 0.717) is 6.47 Å². The van der Waals surface area contributed by atoms with Crippen LogP contribution in [0.4, 0.5) is 0 Å². The average molecular weight is 740 g/mol. The van der Waals surface area contributed by atoms with Crippen LogP contribution in [0.25, 0.3) is 11.9 Å². The first-order valence-corrected chi connectivity index (χ1v) is 6.67. The normalized spacial score (nSPS) is 3.77. The van der Waals surface area contributed by atoms with Gasteiger partial charge in [-0.05, 0) is 21.0 Å². The van der Waals surface area contributed by atoms with Gasteiger partial charge in [-0.1, -0.05) is 6.47 Å². The van der Waals surface area contributed by atoms with Crippen LogP contribution in [0.1, 0.15) is 41.5 Å². The molecule has 0 aliphatic carbocycles. The van der Waals surface area contributed by atoms with E-state index in [1.54, 1.807) is 27.7 Å². The Kier molecular flexibility index (Phi) is 714. The van der Waals surface area contributed by atoms with Crippen molar-refractivity contribution >= 4 is 24.8 Å². The molecule has 0 aromatic heterocycles. The van der Waals surface area contributed by atoms with Crippen LogP contribution < -0.4 is 11.1 Å². The van der Waals surface area contributed by atoms with Crippen LogP contribution in [-0.2, 0) is 150 Å². The molecule has 0 rings (SSSR count). The summed E-state index contributed by atoms with van der Waals surface area (Å²) in [7, 11) is 3.01. The van der Waals surface area contributed by atoms with Crippen molar-refractivity contribution in [3.05, 3.63) is 39.6 Å². The molecular formula is C16H40N4O6Y4-8. The van der Waals surface area contributed by atoms with Gasteiger partial charge in [0.25, 0.3) is 5.97 Å². The van der Waals surface area contributed by atoms with Gasteiger partial charge >= 0.3 is 0 Å². The van der Waals surface area contributed by atoms with E-state index in [0.717, 1.165) is 6.92 Å². The van der Waals surface area contributed by atoms with Gasteiger partial charge in [0, 0.05) is 144 Å². The second kappa shape index (κ2) is 227. The van der Waals surface area contributed by atoms with Crippen molar-refractivity contribution in [2.45, 2.75) is 41.5 Å². The van der Waals surface area contributed by atoms with Crippen molar-refractivity contribution in [1.82, 2.24) is 5.32 Å². The standard InChI is InChI=1S/C2H4NO.C2H5NO.C2H4O2.4C2H5.CH5N.CHO2.H2N.4Y/c1-3-2-4;2*1-2(3)4;5*1-2;2-1-3;;;;;/h1H3,(H,3,4);1H3,(H2,3,4);1H3,(H,3,4);4*1H2,2H3;2H2,1H3;(H,2,3);1H2;;;;/q-1;;;4*-1;;2*-1;;;;/p-1. The maximum atomic E-state index is 9.11. The second-order valence-electron chi connectivity index (χ2n) is 1.52. The number of nitrogens with one attached hydrogen (secondary N) is 2. The average Bonchev–Trinajstić information content (AvgIpc) is 2.63. The van der Waals surface area contributed by atoms with Crippen molar-refractivity contribution in [1.29, 1.82) is 0 Å². The molecule has 14 heteroatoms. The number of carbonyl (C=O) groups is 2. The molecule has 0 heterocycles. The summed E-state index contributed by atoms with van der Waals surface area (Å²) in [6.45, 7) is 22.8. The van der Waals surface area contributed by atoms with Crippen molar-refractivity contribution in [3.8, 4) is 0 Å². The van der Waals surface area contributed by atoms with Crippen LogP contribution >= 0.6 is 0 Å². The molecule has 8 N–H and O–H groups in total. The number of amides is 2. The Balaban J connectivity index is -0.00000000798. The van der Waals surface area contributed by atoms with E-state index < -0.39 is 11.9 Å². The minimum atomic E-state index is -0.833. The fourth-order valence-electron chi connectivity index (χ4n) is 0. The number of aliphatic hydroxyl groups excluding tert-OH is 1. The van der Waals surface area contributed by atoms with Crippen LogP contribution in [0.3, 0.4) is 0 Å². The summed E-state index contributed by atoms with van der Waals surface area (Å²) in [5, 5.41) is 16.3. The quantitative estimate of drug-likeness (QED) is 0.233. The monoisotopic (exact) mass is 740 g/mol. The minimum Gasteiger partial charge on any atom is -0.693 e. The number of hydrogen-bond donors (Lipinski definition) is 4. The van der Waals surface area contributed by atoms with Crippen LogP contribution in [0.15, 0.2) is 0 Å². The molecular weight excluding hydrogens is 700 g/mol. The second-order valence-corrected chi connectivity index (χ2v) is 1.52. The number of carboxylic acid groups (broad SMARTS) is 1.